The van der Waals surface area contributed by atoms with Gasteiger partial charge in [0.1, 0.15) is 10.0 Å². The highest BCUT2D eigenvalue weighted by Crippen LogP contribution is 2.25. The van der Waals surface area contributed by atoms with Crippen molar-refractivity contribution in [2.45, 2.75) is 23.8 Å². The third kappa shape index (κ3) is 3.15. The fourth-order valence-corrected chi connectivity index (χ4v) is 4.59. The molecule has 9 heteroatoms. The number of urea groups is 1. The van der Waals surface area contributed by atoms with Crippen molar-refractivity contribution >= 4 is 27.7 Å². The summed E-state index contributed by atoms with van der Waals surface area (Å²) in [6.45, 7) is 2.26. The van der Waals surface area contributed by atoms with Gasteiger partial charge in [-0.25, -0.2) is 18.2 Å². The molecular weight excluding hydrogens is 340 g/mol. The van der Waals surface area contributed by atoms with Crippen LogP contribution in [0.4, 0.5) is 4.79 Å². The van der Waals surface area contributed by atoms with E-state index in [0.717, 1.165) is 6.54 Å². The van der Waals surface area contributed by atoms with Crippen LogP contribution in [-0.2, 0) is 10.0 Å². The lowest BCUT2D eigenvalue weighted by Gasteiger charge is -2.35. The van der Waals surface area contributed by atoms with Crippen molar-refractivity contribution in [1.29, 1.82) is 0 Å². The van der Waals surface area contributed by atoms with Crippen LogP contribution >= 0.6 is 11.6 Å². The first-order valence-electron chi connectivity index (χ1n) is 7.53. The number of sulfonamides is 1. The van der Waals surface area contributed by atoms with Crippen LogP contribution in [-0.4, -0.2) is 72.8 Å². The number of rotatable bonds is 3. The van der Waals surface area contributed by atoms with Gasteiger partial charge in [0.25, 0.3) is 0 Å². The summed E-state index contributed by atoms with van der Waals surface area (Å²) in [5, 5.41) is 0.263. The minimum atomic E-state index is -3.55. The van der Waals surface area contributed by atoms with E-state index in [4.69, 9.17) is 11.6 Å². The Kier molecular flexibility index (Phi) is 4.48. The summed E-state index contributed by atoms with van der Waals surface area (Å²) in [5.41, 5.74) is 0. The summed E-state index contributed by atoms with van der Waals surface area (Å²) >= 11 is 5.70. The Morgan fingerprint density at radius 3 is 2.39 bits per heavy atom. The first kappa shape index (κ1) is 16.5. The van der Waals surface area contributed by atoms with Gasteiger partial charge in [0.2, 0.25) is 10.0 Å². The highest BCUT2D eigenvalue weighted by molar-refractivity contribution is 7.89. The molecule has 23 heavy (non-hydrogen) atoms. The van der Waals surface area contributed by atoms with Gasteiger partial charge >= 0.3 is 6.03 Å². The number of carbonyl (C=O) groups excluding carboxylic acids is 1. The van der Waals surface area contributed by atoms with E-state index in [1.165, 1.54) is 22.6 Å². The summed E-state index contributed by atoms with van der Waals surface area (Å²) in [4.78, 5) is 19.6. The van der Waals surface area contributed by atoms with Gasteiger partial charge < -0.3 is 9.80 Å². The van der Waals surface area contributed by atoms with Gasteiger partial charge in [-0.05, 0) is 25.0 Å². The predicted octanol–water partition coefficient (Wildman–Crippen LogP) is 1.26. The maximum Gasteiger partial charge on any atom is 0.320 e. The van der Waals surface area contributed by atoms with E-state index >= 15 is 0 Å². The van der Waals surface area contributed by atoms with Crippen LogP contribution in [0, 0.1) is 0 Å². The van der Waals surface area contributed by atoms with Crippen molar-refractivity contribution in [1.82, 2.24) is 19.1 Å². The molecule has 1 aromatic rings. The quantitative estimate of drug-likeness (QED) is 0.762. The molecule has 3 heterocycles. The largest absolute Gasteiger partial charge is 0.326 e. The van der Waals surface area contributed by atoms with E-state index in [1.54, 1.807) is 11.9 Å². The van der Waals surface area contributed by atoms with E-state index < -0.39 is 10.0 Å². The fraction of sp³-hybridized carbons (Fsp3) is 0.571. The molecule has 0 aromatic carbocycles. The van der Waals surface area contributed by atoms with E-state index in [2.05, 4.69) is 4.98 Å². The topological polar surface area (TPSA) is 73.8 Å². The summed E-state index contributed by atoms with van der Waals surface area (Å²) in [6.07, 6.45) is 2.59. The van der Waals surface area contributed by atoms with Gasteiger partial charge in [-0.3, -0.25) is 0 Å². The number of hydrogen-bond acceptors (Lipinski definition) is 4. The zero-order valence-electron chi connectivity index (χ0n) is 12.9. The Hall–Kier alpha value is -1.38. The van der Waals surface area contributed by atoms with Gasteiger partial charge in [-0.15, -0.1) is 0 Å². The van der Waals surface area contributed by atoms with Crippen LogP contribution in [0.5, 0.6) is 0 Å². The molecule has 0 saturated carbocycles. The van der Waals surface area contributed by atoms with Crippen LogP contribution in [0.15, 0.2) is 23.2 Å². The Balaban J connectivity index is 1.67. The fourth-order valence-electron chi connectivity index (χ4n) is 3.07. The molecule has 126 valence electrons. The third-order valence-corrected chi connectivity index (χ3v) is 6.56. The molecule has 0 N–H and O–H groups in total. The lowest BCUT2D eigenvalue weighted by atomic mass is 10.1. The summed E-state index contributed by atoms with van der Waals surface area (Å²) < 4.78 is 26.7. The SMILES string of the molecule is CN1CCN(C2CCN(S(=O)(=O)c3ccc(Cl)nc3)CC2)C1=O. The molecule has 0 radical (unpaired) electrons. The second-order valence-electron chi connectivity index (χ2n) is 5.85. The minimum absolute atomic E-state index is 0.0354. The molecule has 0 spiro atoms. The molecule has 0 bridgehead atoms. The maximum absolute atomic E-state index is 12.6. The van der Waals surface area contributed by atoms with Gasteiger partial charge in [0, 0.05) is 45.5 Å². The zero-order valence-corrected chi connectivity index (χ0v) is 14.4. The number of piperidine rings is 1. The number of hydrogen-bond donors (Lipinski definition) is 0. The first-order valence-corrected chi connectivity index (χ1v) is 9.35. The molecule has 3 rings (SSSR count). The highest BCUT2D eigenvalue weighted by atomic mass is 35.5. The Morgan fingerprint density at radius 1 is 1.17 bits per heavy atom. The summed E-state index contributed by atoms with van der Waals surface area (Å²) in [5.74, 6) is 0. The lowest BCUT2D eigenvalue weighted by Crippen LogP contribution is -2.47. The number of likely N-dealkylation sites (N-methyl/N-ethyl adjacent to an activating group) is 1. The van der Waals surface area contributed by atoms with Crippen molar-refractivity contribution < 1.29 is 13.2 Å². The van der Waals surface area contributed by atoms with Crippen LogP contribution in [0.3, 0.4) is 0 Å². The molecule has 2 fully saturated rings. The Bertz CT molecular complexity index is 686. The normalized spacial score (nSPS) is 21.2. The van der Waals surface area contributed by atoms with E-state index in [9.17, 15) is 13.2 Å². The summed E-state index contributed by atoms with van der Waals surface area (Å²) in [7, 11) is -1.76. The average molecular weight is 359 g/mol. The van der Waals surface area contributed by atoms with Gasteiger partial charge in [-0.2, -0.15) is 4.31 Å². The van der Waals surface area contributed by atoms with Crippen molar-refractivity contribution in [2.75, 3.05) is 33.2 Å². The van der Waals surface area contributed by atoms with E-state index in [1.807, 2.05) is 4.90 Å². The number of nitrogens with zero attached hydrogens (tertiary/aromatic N) is 4. The second-order valence-corrected chi connectivity index (χ2v) is 8.17. The average Bonchev–Trinajstić information content (AvgIpc) is 2.87. The molecular formula is C14H19ClN4O3S. The predicted molar refractivity (Wildman–Crippen MR) is 85.8 cm³/mol. The van der Waals surface area contributed by atoms with Crippen LogP contribution in [0.25, 0.3) is 0 Å². The minimum Gasteiger partial charge on any atom is -0.326 e. The highest BCUT2D eigenvalue weighted by Gasteiger charge is 2.36. The molecule has 0 aliphatic carbocycles. The molecule has 2 saturated heterocycles. The number of amides is 2. The number of aromatic nitrogens is 1. The van der Waals surface area contributed by atoms with Crippen LogP contribution < -0.4 is 0 Å². The monoisotopic (exact) mass is 358 g/mol. The molecule has 0 atom stereocenters. The second kappa shape index (κ2) is 6.26. The number of pyridine rings is 1. The molecule has 7 nitrogen and oxygen atoms in total. The van der Waals surface area contributed by atoms with Gasteiger partial charge in [0.05, 0.1) is 0 Å². The van der Waals surface area contributed by atoms with Crippen LogP contribution in [0.2, 0.25) is 5.15 Å². The van der Waals surface area contributed by atoms with E-state index in [0.29, 0.717) is 32.5 Å². The molecule has 0 unspecified atom stereocenters. The van der Waals surface area contributed by atoms with Gasteiger partial charge in [0.15, 0.2) is 0 Å². The van der Waals surface area contributed by atoms with Crippen molar-refractivity contribution in [3.8, 4) is 0 Å². The lowest BCUT2D eigenvalue weighted by molar-refractivity contribution is 0.158. The Labute approximate surface area is 140 Å². The van der Waals surface area contributed by atoms with Crippen molar-refractivity contribution in [3.05, 3.63) is 23.5 Å². The molecule has 2 aliphatic heterocycles. The zero-order chi connectivity index (χ0) is 16.6. The third-order valence-electron chi connectivity index (χ3n) is 4.45. The van der Waals surface area contributed by atoms with Crippen LogP contribution in [0.1, 0.15) is 12.8 Å². The Morgan fingerprint density at radius 2 is 1.87 bits per heavy atom. The molecule has 1 aromatic heterocycles. The van der Waals surface area contributed by atoms with Gasteiger partial charge in [-0.1, -0.05) is 11.6 Å². The van der Waals surface area contributed by atoms with E-state index in [-0.39, 0.29) is 22.1 Å². The number of halogens is 1. The maximum atomic E-state index is 12.6. The summed E-state index contributed by atoms with van der Waals surface area (Å²) in [6, 6.07) is 3.09. The molecule has 2 amide bonds. The molecule has 2 aliphatic rings. The van der Waals surface area contributed by atoms with Crippen molar-refractivity contribution in [3.63, 3.8) is 0 Å². The first-order chi connectivity index (χ1) is 10.9. The standard InChI is InChI=1S/C14H19ClN4O3S/c1-17-8-9-19(14(17)20)11-4-6-18(7-5-11)23(21,22)12-2-3-13(15)16-10-12/h2-3,10-11H,4-9H2,1H3. The number of carbonyl (C=O) groups is 1. The van der Waals surface area contributed by atoms with Crippen molar-refractivity contribution in [2.24, 2.45) is 0 Å². The smallest absolute Gasteiger partial charge is 0.320 e.